The topological polar surface area (TPSA) is 73.8 Å². The molecule has 1 aliphatic carbocycles. The van der Waals surface area contributed by atoms with Gasteiger partial charge in [0.25, 0.3) is 5.56 Å². The highest BCUT2D eigenvalue weighted by molar-refractivity contribution is 7.99. The van der Waals surface area contributed by atoms with E-state index in [0.717, 1.165) is 23.9 Å². The average molecular weight is 390 g/mol. The second-order valence-corrected chi connectivity index (χ2v) is 8.21. The summed E-state index contributed by atoms with van der Waals surface area (Å²) in [5.74, 6) is 1.09. The van der Waals surface area contributed by atoms with E-state index in [0.29, 0.717) is 22.3 Å². The molecule has 6 nitrogen and oxygen atoms in total. The summed E-state index contributed by atoms with van der Waals surface area (Å²) in [5, 5.41) is 5.35. The molecule has 1 atom stereocenters. The molecule has 0 aliphatic heterocycles. The maximum absolute atomic E-state index is 13.0. The lowest BCUT2D eigenvalue weighted by Gasteiger charge is -2.14. The molecule has 0 amide bonds. The molecule has 0 radical (unpaired) electrons. The van der Waals surface area contributed by atoms with Crippen molar-refractivity contribution in [2.24, 2.45) is 0 Å². The minimum Gasteiger partial charge on any atom is -0.338 e. The van der Waals surface area contributed by atoms with Gasteiger partial charge in [0.05, 0.1) is 16.2 Å². The van der Waals surface area contributed by atoms with Gasteiger partial charge in [0, 0.05) is 11.6 Å². The molecule has 0 spiro atoms. The van der Waals surface area contributed by atoms with E-state index in [1.54, 1.807) is 0 Å². The van der Waals surface area contributed by atoms with Crippen LogP contribution in [0.3, 0.4) is 0 Å². The summed E-state index contributed by atoms with van der Waals surface area (Å²) in [6.07, 6.45) is 2.03. The third-order valence-corrected chi connectivity index (χ3v) is 5.85. The third kappa shape index (κ3) is 3.11. The van der Waals surface area contributed by atoms with Crippen LogP contribution in [0.5, 0.6) is 0 Å². The van der Waals surface area contributed by atoms with Gasteiger partial charge in [-0.3, -0.25) is 9.36 Å². The fourth-order valence-corrected chi connectivity index (χ4v) is 4.19. The molecule has 140 valence electrons. The van der Waals surface area contributed by atoms with Crippen LogP contribution >= 0.6 is 11.8 Å². The molecule has 2 heterocycles. The number of thioether (sulfide) groups is 1. The van der Waals surface area contributed by atoms with E-state index in [1.165, 1.54) is 11.8 Å². The summed E-state index contributed by atoms with van der Waals surface area (Å²) < 4.78 is 7.32. The maximum atomic E-state index is 13.0. The smallest absolute Gasteiger partial charge is 0.262 e. The second kappa shape index (κ2) is 6.91. The molecule has 4 aromatic rings. The van der Waals surface area contributed by atoms with Gasteiger partial charge < -0.3 is 4.52 Å². The third-order valence-electron chi connectivity index (χ3n) is 4.79. The normalized spacial score (nSPS) is 15.0. The first-order valence-electron chi connectivity index (χ1n) is 9.27. The van der Waals surface area contributed by atoms with Gasteiger partial charge in [-0.05, 0) is 31.9 Å². The van der Waals surface area contributed by atoms with Crippen LogP contribution in [-0.4, -0.2) is 19.7 Å². The number of benzene rings is 2. The predicted molar refractivity (Wildman–Crippen MR) is 108 cm³/mol. The van der Waals surface area contributed by atoms with Crippen LogP contribution < -0.4 is 5.56 Å². The molecule has 1 aliphatic rings. The number of nitrogens with zero attached hydrogens (tertiary/aromatic N) is 4. The van der Waals surface area contributed by atoms with Crippen LogP contribution in [0.25, 0.3) is 22.3 Å². The molecule has 5 rings (SSSR count). The van der Waals surface area contributed by atoms with Gasteiger partial charge in [-0.25, -0.2) is 4.98 Å². The van der Waals surface area contributed by atoms with Gasteiger partial charge in [-0.1, -0.05) is 59.4 Å². The van der Waals surface area contributed by atoms with Gasteiger partial charge in [0.2, 0.25) is 11.7 Å². The molecule has 0 N–H and O–H groups in total. The molecule has 7 heteroatoms. The van der Waals surface area contributed by atoms with E-state index < -0.39 is 0 Å². The number of hydrogen-bond acceptors (Lipinski definition) is 6. The molecule has 28 heavy (non-hydrogen) atoms. The van der Waals surface area contributed by atoms with Crippen molar-refractivity contribution in [3.05, 3.63) is 70.8 Å². The Bertz CT molecular complexity index is 1200. The van der Waals surface area contributed by atoms with Crippen molar-refractivity contribution in [2.75, 3.05) is 0 Å². The monoisotopic (exact) mass is 390 g/mol. The van der Waals surface area contributed by atoms with Crippen molar-refractivity contribution in [1.29, 1.82) is 0 Å². The number of para-hydroxylation sites is 1. The molecule has 1 saturated carbocycles. The Morgan fingerprint density at radius 2 is 1.82 bits per heavy atom. The van der Waals surface area contributed by atoms with E-state index in [-0.39, 0.29) is 16.9 Å². The van der Waals surface area contributed by atoms with E-state index in [1.807, 2.05) is 66.1 Å². The number of fused-ring (bicyclic) bond motifs is 1. The lowest BCUT2D eigenvalue weighted by atomic mass is 10.2. The van der Waals surface area contributed by atoms with Gasteiger partial charge in [-0.2, -0.15) is 4.98 Å². The zero-order valence-corrected chi connectivity index (χ0v) is 16.1. The Labute approximate surface area is 165 Å². The van der Waals surface area contributed by atoms with Gasteiger partial charge in [0.15, 0.2) is 5.16 Å². The zero-order chi connectivity index (χ0) is 19.1. The fraction of sp³-hybridized carbons (Fsp3) is 0.238. The summed E-state index contributed by atoms with van der Waals surface area (Å²) in [7, 11) is 0. The van der Waals surface area contributed by atoms with Gasteiger partial charge in [-0.15, -0.1) is 0 Å². The van der Waals surface area contributed by atoms with Gasteiger partial charge >= 0.3 is 0 Å². The Hall–Kier alpha value is -2.93. The van der Waals surface area contributed by atoms with Crippen molar-refractivity contribution >= 4 is 22.7 Å². The first-order valence-corrected chi connectivity index (χ1v) is 10.2. The quantitative estimate of drug-likeness (QED) is 0.365. The van der Waals surface area contributed by atoms with Crippen molar-refractivity contribution < 1.29 is 4.52 Å². The van der Waals surface area contributed by atoms with Crippen molar-refractivity contribution in [2.45, 2.75) is 36.2 Å². The van der Waals surface area contributed by atoms with Crippen molar-refractivity contribution in [3.8, 4) is 11.4 Å². The van der Waals surface area contributed by atoms with E-state index in [2.05, 4.69) is 10.1 Å². The Balaban J connectivity index is 1.49. The molecule has 0 bridgehead atoms. The van der Waals surface area contributed by atoms with Gasteiger partial charge in [0.1, 0.15) is 0 Å². The van der Waals surface area contributed by atoms with E-state index in [9.17, 15) is 4.79 Å². The minimum atomic E-state index is -0.122. The highest BCUT2D eigenvalue weighted by Crippen LogP contribution is 2.40. The van der Waals surface area contributed by atoms with Crippen LogP contribution in [0.2, 0.25) is 0 Å². The Kier molecular flexibility index (Phi) is 4.24. The zero-order valence-electron chi connectivity index (χ0n) is 15.3. The summed E-state index contributed by atoms with van der Waals surface area (Å²) in [4.78, 5) is 22.3. The molecule has 2 aromatic carbocycles. The lowest BCUT2D eigenvalue weighted by molar-refractivity contribution is 0.380. The summed E-state index contributed by atoms with van der Waals surface area (Å²) in [5.41, 5.74) is 1.65. The molecular weight excluding hydrogens is 372 g/mol. The van der Waals surface area contributed by atoms with Crippen LogP contribution in [-0.2, 0) is 0 Å². The fourth-order valence-electron chi connectivity index (χ4n) is 3.18. The molecule has 1 fully saturated rings. The van der Waals surface area contributed by atoms with Crippen molar-refractivity contribution in [3.63, 3.8) is 0 Å². The van der Waals surface area contributed by atoms with Crippen LogP contribution in [0.4, 0.5) is 0 Å². The van der Waals surface area contributed by atoms with Crippen LogP contribution in [0.1, 0.15) is 36.9 Å². The Morgan fingerprint density at radius 1 is 1.07 bits per heavy atom. The first-order chi connectivity index (χ1) is 13.7. The Morgan fingerprint density at radius 3 is 2.61 bits per heavy atom. The highest BCUT2D eigenvalue weighted by Gasteiger charge is 2.30. The summed E-state index contributed by atoms with van der Waals surface area (Å²) in [6.45, 7) is 1.99. The first kappa shape index (κ1) is 17.2. The largest absolute Gasteiger partial charge is 0.338 e. The summed E-state index contributed by atoms with van der Waals surface area (Å²) in [6, 6.07) is 17.5. The number of aromatic nitrogens is 4. The molecule has 0 saturated heterocycles. The SMILES string of the molecule is C[C@@H](Sc1nc2ccccc2c(=O)n1C1CC1)c1nc(-c2ccccc2)no1. The summed E-state index contributed by atoms with van der Waals surface area (Å²) >= 11 is 1.48. The molecule has 0 unspecified atom stereocenters. The number of hydrogen-bond donors (Lipinski definition) is 0. The highest BCUT2D eigenvalue weighted by atomic mass is 32.2. The minimum absolute atomic E-state index is 0.0262. The van der Waals surface area contributed by atoms with Crippen molar-refractivity contribution in [1.82, 2.24) is 19.7 Å². The van der Waals surface area contributed by atoms with Crippen LogP contribution in [0, 0.1) is 0 Å². The standard InChI is InChI=1S/C21H18N4O2S/c1-13(19-23-18(24-27-19)14-7-3-2-4-8-14)28-21-22-17-10-6-5-9-16(17)20(26)25(21)15-11-12-15/h2-10,13,15H,11-12H2,1H3/t13-/m1/s1. The predicted octanol–water partition coefficient (Wildman–Crippen LogP) is 4.63. The maximum Gasteiger partial charge on any atom is 0.262 e. The average Bonchev–Trinajstić information content (AvgIpc) is 3.43. The number of rotatable bonds is 5. The lowest BCUT2D eigenvalue weighted by Crippen LogP contribution is -2.22. The van der Waals surface area contributed by atoms with Crippen LogP contribution in [0.15, 0.2) is 69.1 Å². The van der Waals surface area contributed by atoms with E-state index in [4.69, 9.17) is 9.51 Å². The molecule has 2 aromatic heterocycles. The second-order valence-electron chi connectivity index (χ2n) is 6.90. The van der Waals surface area contributed by atoms with E-state index >= 15 is 0 Å². The molecular formula is C21H18N4O2S.